The van der Waals surface area contributed by atoms with Gasteiger partial charge in [0, 0.05) is 15.2 Å². The fourth-order valence-corrected chi connectivity index (χ4v) is 8.14. The van der Waals surface area contributed by atoms with Crippen LogP contribution in [0.3, 0.4) is 0 Å². The molecule has 4 aromatic rings. The quantitative estimate of drug-likeness (QED) is 0.111. The molecular formula is C38H51B2NO4S2. The third-order valence-corrected chi connectivity index (χ3v) is 12.9. The van der Waals surface area contributed by atoms with E-state index in [0.29, 0.717) is 0 Å². The summed E-state index contributed by atoms with van der Waals surface area (Å²) in [5, 5.41) is 0. The van der Waals surface area contributed by atoms with Gasteiger partial charge in [-0.3, -0.25) is 0 Å². The van der Waals surface area contributed by atoms with E-state index in [2.05, 4.69) is 128 Å². The summed E-state index contributed by atoms with van der Waals surface area (Å²) in [6.45, 7) is 19.1. The van der Waals surface area contributed by atoms with E-state index in [0.717, 1.165) is 33.0 Å². The number of nitrogens with zero attached hydrogens (tertiary/aromatic N) is 1. The van der Waals surface area contributed by atoms with Gasteiger partial charge in [-0.05, 0) is 110 Å². The molecule has 5 heterocycles. The van der Waals surface area contributed by atoms with Crippen LogP contribution in [0.15, 0.2) is 60.7 Å². The van der Waals surface area contributed by atoms with E-state index in [1.54, 1.807) is 22.7 Å². The molecule has 250 valence electrons. The Labute approximate surface area is 291 Å². The highest BCUT2D eigenvalue weighted by Crippen LogP contribution is 2.41. The molecule has 2 aliphatic rings. The van der Waals surface area contributed by atoms with Gasteiger partial charge in [-0.1, -0.05) is 63.3 Å². The molecule has 0 atom stereocenters. The number of hydrogen-bond acceptors (Lipinski definition) is 6. The van der Waals surface area contributed by atoms with E-state index in [1.807, 2.05) is 0 Å². The Balaban J connectivity index is 1.30. The molecule has 3 aromatic heterocycles. The van der Waals surface area contributed by atoms with Crippen molar-refractivity contribution in [1.82, 2.24) is 4.57 Å². The molecule has 2 fully saturated rings. The largest absolute Gasteiger partial charge is 0.505 e. The molecule has 0 amide bonds. The third kappa shape index (κ3) is 6.99. The summed E-state index contributed by atoms with van der Waals surface area (Å²) in [5.41, 5.74) is 3.37. The summed E-state index contributed by atoms with van der Waals surface area (Å²) in [6.07, 6.45) is 9.01. The average molecular weight is 672 g/mol. The van der Waals surface area contributed by atoms with Crippen molar-refractivity contribution in [2.45, 2.75) is 130 Å². The van der Waals surface area contributed by atoms with Crippen LogP contribution in [0.5, 0.6) is 0 Å². The van der Waals surface area contributed by atoms with Gasteiger partial charge in [0.1, 0.15) is 0 Å². The maximum absolute atomic E-state index is 6.40. The summed E-state index contributed by atoms with van der Waals surface area (Å²) in [4.78, 5) is 2.36. The fraction of sp³-hybridized carbons (Fsp3) is 0.526. The molecule has 0 spiro atoms. The van der Waals surface area contributed by atoms with Crippen molar-refractivity contribution in [2.75, 3.05) is 0 Å². The number of unbranched alkanes of at least 4 members (excludes halogenated alkanes) is 5. The maximum atomic E-state index is 6.40. The topological polar surface area (TPSA) is 41.9 Å². The molecule has 2 saturated heterocycles. The van der Waals surface area contributed by atoms with Gasteiger partial charge in [-0.15, -0.1) is 22.7 Å². The highest BCUT2D eigenvalue weighted by atomic mass is 32.1. The van der Waals surface area contributed by atoms with Crippen LogP contribution < -0.4 is 9.55 Å². The van der Waals surface area contributed by atoms with Crippen LogP contribution in [0.4, 0.5) is 0 Å². The van der Waals surface area contributed by atoms with E-state index in [9.17, 15) is 0 Å². The number of benzene rings is 1. The van der Waals surface area contributed by atoms with E-state index in [4.69, 9.17) is 18.6 Å². The molecule has 47 heavy (non-hydrogen) atoms. The lowest BCUT2D eigenvalue weighted by molar-refractivity contribution is 0.00578. The van der Waals surface area contributed by atoms with Crippen LogP contribution in [0.25, 0.3) is 26.8 Å². The first-order valence-corrected chi connectivity index (χ1v) is 19.1. The molecule has 0 N–H and O–H groups in total. The summed E-state index contributed by atoms with van der Waals surface area (Å²) in [5.74, 6) is 0. The highest BCUT2D eigenvalue weighted by molar-refractivity contribution is 7.25. The zero-order chi connectivity index (χ0) is 33.6. The fourth-order valence-electron chi connectivity index (χ4n) is 6.17. The molecule has 0 saturated carbocycles. The van der Waals surface area contributed by atoms with Crippen molar-refractivity contribution >= 4 is 46.5 Å². The first-order chi connectivity index (χ1) is 22.2. The predicted molar refractivity (Wildman–Crippen MR) is 201 cm³/mol. The lowest BCUT2D eigenvalue weighted by atomic mass is 9.88. The molecule has 1 aromatic carbocycles. The average Bonchev–Trinajstić information content (AvgIpc) is 3.81. The monoisotopic (exact) mass is 671 g/mol. The van der Waals surface area contributed by atoms with Gasteiger partial charge in [0.2, 0.25) is 0 Å². The molecule has 2 aliphatic heterocycles. The summed E-state index contributed by atoms with van der Waals surface area (Å²) in [6, 6.07) is 22.4. The van der Waals surface area contributed by atoms with Crippen molar-refractivity contribution in [1.29, 1.82) is 0 Å². The van der Waals surface area contributed by atoms with E-state index in [-0.39, 0.29) is 36.6 Å². The predicted octanol–water partition coefficient (Wildman–Crippen LogP) is 9.44. The van der Waals surface area contributed by atoms with Gasteiger partial charge in [0.05, 0.1) is 43.5 Å². The van der Waals surface area contributed by atoms with Gasteiger partial charge in [0.15, 0.2) is 0 Å². The SMILES string of the molecule is CCCCCCCCc1ccc(-n2c(-c3ccc(B4OC(C)(C)C(C)(C)O4)s3)ccc2-c2ccc(B3OC(C)(C)C(C)(C)O3)s2)cc1. The second kappa shape index (κ2) is 13.3. The van der Waals surface area contributed by atoms with Crippen molar-refractivity contribution < 1.29 is 18.6 Å². The van der Waals surface area contributed by atoms with Gasteiger partial charge >= 0.3 is 14.2 Å². The Morgan fingerprint density at radius 1 is 0.532 bits per heavy atom. The minimum absolute atomic E-state index is 0.373. The van der Waals surface area contributed by atoms with Crippen LogP contribution in [0.2, 0.25) is 0 Å². The highest BCUT2D eigenvalue weighted by Gasteiger charge is 2.53. The lowest BCUT2D eigenvalue weighted by Gasteiger charge is -2.32. The Morgan fingerprint density at radius 2 is 0.957 bits per heavy atom. The van der Waals surface area contributed by atoms with Crippen LogP contribution in [-0.2, 0) is 25.0 Å². The smallest absolute Gasteiger partial charge is 0.399 e. The number of aryl methyl sites for hydroxylation is 1. The summed E-state index contributed by atoms with van der Waals surface area (Å²) >= 11 is 3.48. The van der Waals surface area contributed by atoms with Crippen LogP contribution >= 0.6 is 22.7 Å². The lowest BCUT2D eigenvalue weighted by Crippen LogP contribution is -2.41. The minimum atomic E-state index is -0.374. The minimum Gasteiger partial charge on any atom is -0.399 e. The van der Waals surface area contributed by atoms with Crippen molar-refractivity contribution in [3.05, 3.63) is 66.2 Å². The number of thiophene rings is 2. The Kier molecular flexibility index (Phi) is 9.82. The Morgan fingerprint density at radius 3 is 1.40 bits per heavy atom. The molecule has 9 heteroatoms. The van der Waals surface area contributed by atoms with Crippen molar-refractivity contribution in [2.24, 2.45) is 0 Å². The normalized spacial score (nSPS) is 19.6. The van der Waals surface area contributed by atoms with Crippen molar-refractivity contribution in [3.63, 3.8) is 0 Å². The molecule has 5 nitrogen and oxygen atoms in total. The van der Waals surface area contributed by atoms with Crippen LogP contribution in [0.1, 0.15) is 106 Å². The maximum Gasteiger partial charge on any atom is 0.505 e. The van der Waals surface area contributed by atoms with Crippen molar-refractivity contribution in [3.8, 4) is 26.8 Å². The number of rotatable bonds is 12. The molecule has 0 unspecified atom stereocenters. The van der Waals surface area contributed by atoms with Crippen LogP contribution in [0, 0.1) is 0 Å². The van der Waals surface area contributed by atoms with Crippen LogP contribution in [-0.4, -0.2) is 41.2 Å². The van der Waals surface area contributed by atoms with Gasteiger partial charge in [0.25, 0.3) is 0 Å². The zero-order valence-electron chi connectivity index (χ0n) is 29.8. The molecule has 0 aliphatic carbocycles. The van der Waals surface area contributed by atoms with Gasteiger partial charge in [-0.2, -0.15) is 0 Å². The third-order valence-electron chi connectivity index (χ3n) is 10.6. The first kappa shape index (κ1) is 34.7. The zero-order valence-corrected chi connectivity index (χ0v) is 31.4. The second-order valence-electron chi connectivity index (χ2n) is 15.2. The summed E-state index contributed by atoms with van der Waals surface area (Å²) in [7, 11) is -0.745. The molecular weight excluding hydrogens is 620 g/mol. The molecule has 6 rings (SSSR count). The Hall–Kier alpha value is -2.13. The second-order valence-corrected chi connectivity index (χ2v) is 17.4. The molecule has 0 radical (unpaired) electrons. The summed E-state index contributed by atoms with van der Waals surface area (Å²) < 4.78 is 30.2. The van der Waals surface area contributed by atoms with E-state index < -0.39 is 0 Å². The van der Waals surface area contributed by atoms with E-state index in [1.165, 1.54) is 53.8 Å². The Bertz CT molecular complexity index is 1540. The molecule has 0 bridgehead atoms. The van der Waals surface area contributed by atoms with Gasteiger partial charge in [-0.25, -0.2) is 0 Å². The number of hydrogen-bond donors (Lipinski definition) is 0. The van der Waals surface area contributed by atoms with E-state index >= 15 is 0 Å². The first-order valence-electron chi connectivity index (χ1n) is 17.4. The van der Waals surface area contributed by atoms with Gasteiger partial charge < -0.3 is 23.2 Å². The number of aromatic nitrogens is 1. The standard InChI is InChI=1S/C38H51B2NO4S2/c1-10-11-12-13-14-15-16-27-17-19-28(20-18-27)41-29(31-23-25-33(46-31)39-42-35(2,3)36(4,5)43-39)21-22-30(41)32-24-26-34(47-32)40-44-37(6,7)38(8,9)45-40/h17-26H,10-16H2,1-9H3.